The zero-order chi connectivity index (χ0) is 9.80. The predicted octanol–water partition coefficient (Wildman–Crippen LogP) is 1.08. The maximum atomic E-state index is 8.31. The molecule has 70 valence electrons. The molecule has 14 heavy (non-hydrogen) atoms. The molecule has 1 aromatic carbocycles. The molecule has 0 spiro atoms. The maximum Gasteiger partial charge on any atom is 0.138 e. The van der Waals surface area contributed by atoms with Crippen molar-refractivity contribution in [2.45, 2.75) is 0 Å². The van der Waals surface area contributed by atoms with Crippen molar-refractivity contribution in [1.29, 1.82) is 0 Å². The van der Waals surface area contributed by atoms with Crippen LogP contribution in [0.2, 0.25) is 0 Å². The smallest absolute Gasteiger partial charge is 0.138 e. The van der Waals surface area contributed by atoms with E-state index in [9.17, 15) is 0 Å². The third kappa shape index (κ3) is 1.61. The molecule has 0 bridgehead atoms. The Morgan fingerprint density at radius 3 is 2.64 bits per heavy atom. The van der Waals surface area contributed by atoms with Gasteiger partial charge in [0.25, 0.3) is 0 Å². The molecule has 0 unspecified atom stereocenters. The molecular weight excluding hydrogens is 180 g/mol. The molecule has 0 saturated heterocycles. The van der Waals surface area contributed by atoms with Crippen LogP contribution in [0.3, 0.4) is 0 Å². The average molecular weight is 188 g/mol. The fourth-order valence-electron chi connectivity index (χ4n) is 1.12. The summed E-state index contributed by atoms with van der Waals surface area (Å²) in [6.07, 6.45) is 4.46. The van der Waals surface area contributed by atoms with Gasteiger partial charge in [0.2, 0.25) is 0 Å². The molecule has 1 N–H and O–H groups in total. The third-order valence-electron chi connectivity index (χ3n) is 1.78. The number of rotatable bonds is 2. The van der Waals surface area contributed by atoms with Gasteiger partial charge in [-0.2, -0.15) is 5.10 Å². The second kappa shape index (κ2) is 3.69. The first kappa shape index (κ1) is 8.43. The normalized spacial score (nSPS) is 10.9. The molecule has 0 saturated carbocycles. The number of nitrogens with zero attached hydrogens (tertiary/aromatic N) is 4. The lowest BCUT2D eigenvalue weighted by molar-refractivity contribution is 0.322. The van der Waals surface area contributed by atoms with Crippen LogP contribution < -0.4 is 0 Å². The zero-order valence-electron chi connectivity index (χ0n) is 7.28. The number of hydrogen-bond donors (Lipinski definition) is 1. The van der Waals surface area contributed by atoms with Crippen molar-refractivity contribution in [1.82, 2.24) is 14.8 Å². The summed E-state index contributed by atoms with van der Waals surface area (Å²) in [6, 6.07) is 7.39. The minimum Gasteiger partial charge on any atom is -0.411 e. The van der Waals surface area contributed by atoms with Crippen molar-refractivity contribution in [3.8, 4) is 5.69 Å². The van der Waals surface area contributed by atoms with E-state index in [4.69, 9.17) is 5.21 Å². The number of hydrogen-bond acceptors (Lipinski definition) is 4. The van der Waals surface area contributed by atoms with Gasteiger partial charge < -0.3 is 5.21 Å². The van der Waals surface area contributed by atoms with Gasteiger partial charge in [-0.05, 0) is 17.7 Å². The van der Waals surface area contributed by atoms with E-state index in [0.29, 0.717) is 0 Å². The summed E-state index contributed by atoms with van der Waals surface area (Å²) < 4.78 is 1.65. The van der Waals surface area contributed by atoms with Crippen LogP contribution in [-0.4, -0.2) is 26.2 Å². The molecule has 1 heterocycles. The number of oxime groups is 1. The highest BCUT2D eigenvalue weighted by atomic mass is 16.4. The van der Waals surface area contributed by atoms with Crippen molar-refractivity contribution < 1.29 is 5.21 Å². The van der Waals surface area contributed by atoms with E-state index in [0.717, 1.165) is 11.3 Å². The van der Waals surface area contributed by atoms with Crippen LogP contribution in [-0.2, 0) is 0 Å². The lowest BCUT2D eigenvalue weighted by Gasteiger charge is -1.99. The molecule has 5 heteroatoms. The van der Waals surface area contributed by atoms with Crippen molar-refractivity contribution in [2.75, 3.05) is 0 Å². The summed E-state index contributed by atoms with van der Waals surface area (Å²) in [7, 11) is 0. The van der Waals surface area contributed by atoms with Crippen molar-refractivity contribution >= 4 is 6.21 Å². The first-order valence-corrected chi connectivity index (χ1v) is 4.02. The quantitative estimate of drug-likeness (QED) is 0.435. The Labute approximate surface area is 80.3 Å². The molecule has 0 aliphatic carbocycles. The highest BCUT2D eigenvalue weighted by molar-refractivity contribution is 5.79. The van der Waals surface area contributed by atoms with Gasteiger partial charge in [-0.25, -0.2) is 9.67 Å². The fourth-order valence-corrected chi connectivity index (χ4v) is 1.12. The van der Waals surface area contributed by atoms with Crippen LogP contribution in [0.1, 0.15) is 5.56 Å². The molecule has 2 rings (SSSR count). The highest BCUT2D eigenvalue weighted by Crippen LogP contribution is 2.06. The predicted molar refractivity (Wildman–Crippen MR) is 50.7 cm³/mol. The second-order valence-corrected chi connectivity index (χ2v) is 2.68. The van der Waals surface area contributed by atoms with Crippen LogP contribution in [0, 0.1) is 0 Å². The summed E-state index contributed by atoms with van der Waals surface area (Å²) in [5.41, 5.74) is 1.74. The summed E-state index contributed by atoms with van der Waals surface area (Å²) in [5.74, 6) is 0. The standard InChI is InChI=1S/C9H8N4O/c14-12-5-8-1-3-9(4-2-8)13-7-10-6-11-13/h1-7,14H. The minimum atomic E-state index is 0.830. The van der Waals surface area contributed by atoms with Gasteiger partial charge >= 0.3 is 0 Å². The monoisotopic (exact) mass is 188 g/mol. The summed E-state index contributed by atoms with van der Waals surface area (Å²) in [4.78, 5) is 3.84. The van der Waals surface area contributed by atoms with Gasteiger partial charge in [-0.1, -0.05) is 17.3 Å². The van der Waals surface area contributed by atoms with Crippen LogP contribution in [0.15, 0.2) is 42.1 Å². The first-order chi connectivity index (χ1) is 6.90. The Balaban J connectivity index is 2.31. The summed E-state index contributed by atoms with van der Waals surface area (Å²) in [5, 5.41) is 15.2. The molecule has 5 nitrogen and oxygen atoms in total. The fraction of sp³-hybridized carbons (Fsp3) is 0. The van der Waals surface area contributed by atoms with Crippen molar-refractivity contribution in [2.24, 2.45) is 5.16 Å². The van der Waals surface area contributed by atoms with E-state index in [1.165, 1.54) is 12.5 Å². The molecule has 0 atom stereocenters. The Morgan fingerprint density at radius 1 is 1.29 bits per heavy atom. The Kier molecular flexibility index (Phi) is 2.22. The van der Waals surface area contributed by atoms with Crippen LogP contribution in [0.5, 0.6) is 0 Å². The van der Waals surface area contributed by atoms with E-state index in [-0.39, 0.29) is 0 Å². The minimum absolute atomic E-state index is 0.830. The lowest BCUT2D eigenvalue weighted by Crippen LogP contribution is -1.94. The molecule has 0 radical (unpaired) electrons. The molecule has 0 aliphatic heterocycles. The van der Waals surface area contributed by atoms with Gasteiger partial charge in [0, 0.05) is 0 Å². The van der Waals surface area contributed by atoms with Gasteiger partial charge in [0.1, 0.15) is 12.7 Å². The maximum absolute atomic E-state index is 8.31. The molecule has 0 fully saturated rings. The average Bonchev–Trinajstić information content (AvgIpc) is 2.72. The molecule has 0 aliphatic rings. The SMILES string of the molecule is ON=Cc1ccc(-n2cncn2)cc1. The van der Waals surface area contributed by atoms with E-state index < -0.39 is 0 Å². The van der Waals surface area contributed by atoms with Crippen molar-refractivity contribution in [3.05, 3.63) is 42.5 Å². The van der Waals surface area contributed by atoms with Gasteiger partial charge in [-0.3, -0.25) is 0 Å². The highest BCUT2D eigenvalue weighted by Gasteiger charge is 1.95. The number of benzene rings is 1. The van der Waals surface area contributed by atoms with E-state index in [1.54, 1.807) is 11.0 Å². The van der Waals surface area contributed by atoms with Crippen LogP contribution in [0.25, 0.3) is 5.69 Å². The number of aromatic nitrogens is 3. The second-order valence-electron chi connectivity index (χ2n) is 2.68. The molecule has 0 amide bonds. The molecule has 1 aromatic heterocycles. The van der Waals surface area contributed by atoms with Gasteiger partial charge in [0.05, 0.1) is 11.9 Å². The van der Waals surface area contributed by atoms with Crippen LogP contribution >= 0.6 is 0 Å². The largest absolute Gasteiger partial charge is 0.411 e. The Bertz CT molecular complexity index is 419. The topological polar surface area (TPSA) is 63.3 Å². The summed E-state index contributed by atoms with van der Waals surface area (Å²) in [6.45, 7) is 0. The van der Waals surface area contributed by atoms with Crippen molar-refractivity contribution in [3.63, 3.8) is 0 Å². The van der Waals surface area contributed by atoms with E-state index in [1.807, 2.05) is 24.3 Å². The van der Waals surface area contributed by atoms with Gasteiger partial charge in [-0.15, -0.1) is 0 Å². The third-order valence-corrected chi connectivity index (χ3v) is 1.78. The van der Waals surface area contributed by atoms with E-state index >= 15 is 0 Å². The summed E-state index contributed by atoms with van der Waals surface area (Å²) >= 11 is 0. The Hall–Kier alpha value is -2.17. The lowest BCUT2D eigenvalue weighted by atomic mass is 10.2. The van der Waals surface area contributed by atoms with Gasteiger partial charge in [0.15, 0.2) is 0 Å². The molecular formula is C9H8N4O. The molecule has 2 aromatic rings. The first-order valence-electron chi connectivity index (χ1n) is 4.02. The van der Waals surface area contributed by atoms with Crippen LogP contribution in [0.4, 0.5) is 0 Å². The van der Waals surface area contributed by atoms with E-state index in [2.05, 4.69) is 15.2 Å². The Morgan fingerprint density at radius 2 is 2.07 bits per heavy atom. The zero-order valence-corrected chi connectivity index (χ0v) is 7.28.